The fourth-order valence-electron chi connectivity index (χ4n) is 3.66. The van der Waals surface area contributed by atoms with Crippen LogP contribution in [0.4, 0.5) is 0 Å². The summed E-state index contributed by atoms with van der Waals surface area (Å²) >= 11 is 0. The number of nitrogens with one attached hydrogen (secondary N) is 2. The molecule has 1 atom stereocenters. The summed E-state index contributed by atoms with van der Waals surface area (Å²) in [6, 6.07) is 20.6. The normalized spacial score (nSPS) is 12.7. The molecule has 37 heavy (non-hydrogen) atoms. The van der Waals surface area contributed by atoms with Gasteiger partial charge in [0.25, 0.3) is 11.8 Å². The van der Waals surface area contributed by atoms with Gasteiger partial charge in [0.2, 0.25) is 6.79 Å². The van der Waals surface area contributed by atoms with Crippen LogP contribution in [0, 0.1) is 17.2 Å². The fraction of sp³-hybridized carbons (Fsp3) is 0.214. The second-order valence-corrected chi connectivity index (χ2v) is 8.59. The lowest BCUT2D eigenvalue weighted by Gasteiger charge is -2.20. The van der Waals surface area contributed by atoms with Gasteiger partial charge in [-0.3, -0.25) is 9.59 Å². The van der Waals surface area contributed by atoms with Crippen molar-refractivity contribution >= 4 is 18.0 Å². The minimum absolute atomic E-state index is 0.108. The van der Waals surface area contributed by atoms with E-state index in [9.17, 15) is 14.9 Å². The third kappa shape index (κ3) is 6.24. The van der Waals surface area contributed by atoms with Crippen LogP contribution in [0.5, 0.6) is 17.2 Å². The number of amides is 2. The Hall–Kier alpha value is -4.84. The first-order chi connectivity index (χ1) is 18.0. The number of hydrazone groups is 1. The minimum Gasteiger partial charge on any atom is -0.488 e. The second kappa shape index (κ2) is 11.7. The Bertz CT molecular complexity index is 1360. The number of nitriles is 1. The monoisotopic (exact) mass is 498 g/mol. The molecule has 9 heteroatoms. The molecule has 0 radical (unpaired) electrons. The van der Waals surface area contributed by atoms with Crippen molar-refractivity contribution in [1.29, 1.82) is 5.26 Å². The van der Waals surface area contributed by atoms with Gasteiger partial charge in [-0.2, -0.15) is 10.4 Å². The highest BCUT2D eigenvalue weighted by Crippen LogP contribution is 2.32. The van der Waals surface area contributed by atoms with Crippen LogP contribution in [0.25, 0.3) is 0 Å². The average molecular weight is 499 g/mol. The summed E-state index contributed by atoms with van der Waals surface area (Å²) in [6.45, 7) is 3.98. The van der Waals surface area contributed by atoms with Crippen molar-refractivity contribution in [3.05, 3.63) is 89.0 Å². The largest absolute Gasteiger partial charge is 0.488 e. The number of hydrogen-bond acceptors (Lipinski definition) is 7. The molecule has 0 spiro atoms. The van der Waals surface area contributed by atoms with Gasteiger partial charge in [0.15, 0.2) is 11.5 Å². The van der Waals surface area contributed by atoms with Crippen LogP contribution in [0.15, 0.2) is 71.8 Å². The number of para-hydroxylation sites is 1. The van der Waals surface area contributed by atoms with Gasteiger partial charge >= 0.3 is 0 Å². The van der Waals surface area contributed by atoms with Gasteiger partial charge in [0.1, 0.15) is 18.4 Å². The van der Waals surface area contributed by atoms with Gasteiger partial charge in [0, 0.05) is 16.7 Å². The SMILES string of the molecule is CC(C)C(NC(=O)c1ccc2c(c1)OCO2)C(=O)NN=Cc1ccccc1OCc1ccccc1C#N. The van der Waals surface area contributed by atoms with Gasteiger partial charge in [-0.15, -0.1) is 0 Å². The molecule has 4 rings (SSSR count). The van der Waals surface area contributed by atoms with Crippen molar-refractivity contribution in [2.24, 2.45) is 11.0 Å². The molecule has 1 aliphatic rings. The molecule has 1 heterocycles. The Labute approximate surface area is 214 Å². The van der Waals surface area contributed by atoms with Crippen molar-refractivity contribution < 1.29 is 23.8 Å². The first-order valence-electron chi connectivity index (χ1n) is 11.7. The molecule has 0 bridgehead atoms. The quantitative estimate of drug-likeness (QED) is 0.342. The molecule has 0 aliphatic carbocycles. The first-order valence-corrected chi connectivity index (χ1v) is 11.7. The summed E-state index contributed by atoms with van der Waals surface area (Å²) in [7, 11) is 0. The maximum atomic E-state index is 12.8. The number of hydrogen-bond donors (Lipinski definition) is 2. The van der Waals surface area contributed by atoms with E-state index < -0.39 is 17.9 Å². The van der Waals surface area contributed by atoms with Crippen LogP contribution >= 0.6 is 0 Å². The summed E-state index contributed by atoms with van der Waals surface area (Å²) in [6.07, 6.45) is 1.47. The summed E-state index contributed by atoms with van der Waals surface area (Å²) in [5.41, 5.74) is 4.81. The molecule has 188 valence electrons. The van der Waals surface area contributed by atoms with Gasteiger partial charge in [0.05, 0.1) is 17.8 Å². The van der Waals surface area contributed by atoms with E-state index in [1.807, 2.05) is 38.1 Å². The van der Waals surface area contributed by atoms with E-state index in [4.69, 9.17) is 14.2 Å². The number of nitrogens with zero attached hydrogens (tertiary/aromatic N) is 2. The molecule has 1 unspecified atom stereocenters. The van der Waals surface area contributed by atoms with Gasteiger partial charge in [-0.25, -0.2) is 5.43 Å². The molecular weight excluding hydrogens is 472 g/mol. The van der Waals surface area contributed by atoms with E-state index >= 15 is 0 Å². The minimum atomic E-state index is -0.816. The number of benzene rings is 3. The van der Waals surface area contributed by atoms with Crippen LogP contribution < -0.4 is 25.0 Å². The van der Waals surface area contributed by atoms with Crippen molar-refractivity contribution in [3.8, 4) is 23.3 Å². The van der Waals surface area contributed by atoms with E-state index in [-0.39, 0.29) is 19.3 Å². The van der Waals surface area contributed by atoms with Crippen LogP contribution in [-0.2, 0) is 11.4 Å². The zero-order chi connectivity index (χ0) is 26.2. The second-order valence-electron chi connectivity index (χ2n) is 8.59. The third-order valence-electron chi connectivity index (χ3n) is 5.69. The Morgan fingerprint density at radius 2 is 1.84 bits per heavy atom. The van der Waals surface area contributed by atoms with E-state index in [2.05, 4.69) is 21.9 Å². The molecule has 9 nitrogen and oxygen atoms in total. The van der Waals surface area contributed by atoms with Gasteiger partial charge < -0.3 is 19.5 Å². The topological polar surface area (TPSA) is 122 Å². The van der Waals surface area contributed by atoms with Crippen molar-refractivity contribution in [3.63, 3.8) is 0 Å². The van der Waals surface area contributed by atoms with Crippen LogP contribution in [0.2, 0.25) is 0 Å². The van der Waals surface area contributed by atoms with Crippen molar-refractivity contribution in [1.82, 2.24) is 10.7 Å². The summed E-state index contributed by atoms with van der Waals surface area (Å²) in [4.78, 5) is 25.6. The highest BCUT2D eigenvalue weighted by Gasteiger charge is 2.25. The first kappa shape index (κ1) is 25.3. The maximum absolute atomic E-state index is 12.8. The Morgan fingerprint density at radius 1 is 1.08 bits per heavy atom. The van der Waals surface area contributed by atoms with Gasteiger partial charge in [-0.1, -0.05) is 44.2 Å². The molecule has 3 aromatic rings. The smallest absolute Gasteiger partial charge is 0.262 e. The Balaban J connectivity index is 1.38. The molecule has 0 fully saturated rings. The number of rotatable bonds is 9. The van der Waals surface area contributed by atoms with Crippen LogP contribution in [0.3, 0.4) is 0 Å². The number of carbonyl (C=O) groups is 2. The Morgan fingerprint density at radius 3 is 2.65 bits per heavy atom. The van der Waals surface area contributed by atoms with E-state index in [0.717, 1.165) is 5.56 Å². The summed E-state index contributed by atoms with van der Waals surface area (Å²) in [5.74, 6) is 0.547. The van der Waals surface area contributed by atoms with Crippen LogP contribution in [0.1, 0.15) is 40.9 Å². The third-order valence-corrected chi connectivity index (χ3v) is 5.69. The average Bonchev–Trinajstić information content (AvgIpc) is 3.39. The molecule has 1 aliphatic heterocycles. The molecular formula is C28H26N4O5. The molecule has 0 aromatic heterocycles. The molecule has 2 amide bonds. The number of ether oxygens (including phenoxy) is 3. The number of carbonyl (C=O) groups excluding carboxylic acids is 2. The fourth-order valence-corrected chi connectivity index (χ4v) is 3.66. The predicted molar refractivity (Wildman–Crippen MR) is 136 cm³/mol. The zero-order valence-corrected chi connectivity index (χ0v) is 20.4. The highest BCUT2D eigenvalue weighted by atomic mass is 16.7. The molecule has 3 aromatic carbocycles. The summed E-state index contributed by atoms with van der Waals surface area (Å²) < 4.78 is 16.5. The molecule has 0 saturated carbocycles. The molecule has 2 N–H and O–H groups in total. The lowest BCUT2D eigenvalue weighted by molar-refractivity contribution is -0.123. The van der Waals surface area contributed by atoms with E-state index in [0.29, 0.717) is 33.9 Å². The van der Waals surface area contributed by atoms with Gasteiger partial charge in [-0.05, 0) is 42.3 Å². The van der Waals surface area contributed by atoms with Crippen LogP contribution in [-0.4, -0.2) is 30.9 Å². The summed E-state index contributed by atoms with van der Waals surface area (Å²) in [5, 5.41) is 16.1. The van der Waals surface area contributed by atoms with E-state index in [1.54, 1.807) is 42.5 Å². The van der Waals surface area contributed by atoms with Crippen molar-refractivity contribution in [2.45, 2.75) is 26.5 Å². The highest BCUT2D eigenvalue weighted by molar-refractivity contribution is 5.98. The maximum Gasteiger partial charge on any atom is 0.262 e. The predicted octanol–water partition coefficient (Wildman–Crippen LogP) is 3.77. The Kier molecular flexibility index (Phi) is 8.01. The molecule has 0 saturated heterocycles. The lowest BCUT2D eigenvalue weighted by Crippen LogP contribution is -2.48. The zero-order valence-electron chi connectivity index (χ0n) is 20.4. The standard InChI is InChI=1S/C28H26N4O5/c1-18(2)26(31-27(33)19-11-12-24-25(13-19)37-17-36-24)28(34)32-30-15-21-8-5-6-10-23(21)35-16-22-9-4-3-7-20(22)14-29/h3-13,15,18,26H,16-17H2,1-2H3,(H,31,33)(H,32,34). The lowest BCUT2D eigenvalue weighted by atomic mass is 10.0. The van der Waals surface area contributed by atoms with E-state index in [1.165, 1.54) is 6.21 Å². The number of fused-ring (bicyclic) bond motifs is 1. The van der Waals surface area contributed by atoms with Crippen molar-refractivity contribution in [2.75, 3.05) is 6.79 Å².